The van der Waals surface area contributed by atoms with Crippen molar-refractivity contribution in [3.63, 3.8) is 0 Å². The molecule has 2 aliphatic rings. The molecule has 1 saturated heterocycles. The normalized spacial score (nSPS) is 29.6. The van der Waals surface area contributed by atoms with Crippen LogP contribution in [-0.4, -0.2) is 61.8 Å². The molecule has 0 radical (unpaired) electrons. The fourth-order valence-electron chi connectivity index (χ4n) is 2.18. The van der Waals surface area contributed by atoms with E-state index in [2.05, 4.69) is 23.5 Å². The van der Waals surface area contributed by atoms with Gasteiger partial charge in [-0.2, -0.15) is 0 Å². The maximum Gasteiger partial charge on any atom is 0.148 e. The van der Waals surface area contributed by atoms with E-state index < -0.39 is 0 Å². The standard InChI is InChI=1S/C12H20N4O2/c1-9-14-11(13)4-5-16(9)12-7-15(2)6-10(18-12)8-17-3/h4-5,10,12H,1,6-8H2,2-3H3,(H2,13,14). The van der Waals surface area contributed by atoms with Crippen molar-refractivity contribution in [2.24, 2.45) is 10.7 Å². The van der Waals surface area contributed by atoms with Gasteiger partial charge in [-0.3, -0.25) is 4.90 Å². The molecule has 0 aromatic rings. The highest BCUT2D eigenvalue weighted by molar-refractivity contribution is 5.92. The average Bonchev–Trinajstić information content (AvgIpc) is 2.28. The molecule has 0 spiro atoms. The Morgan fingerprint density at radius 3 is 3.06 bits per heavy atom. The molecule has 2 rings (SSSR count). The van der Waals surface area contributed by atoms with E-state index in [1.54, 1.807) is 13.2 Å². The molecule has 0 aliphatic carbocycles. The van der Waals surface area contributed by atoms with Crippen molar-refractivity contribution in [3.05, 3.63) is 24.7 Å². The molecule has 0 aromatic heterocycles. The summed E-state index contributed by atoms with van der Waals surface area (Å²) < 4.78 is 11.1. The zero-order valence-corrected chi connectivity index (χ0v) is 10.9. The van der Waals surface area contributed by atoms with E-state index in [1.165, 1.54) is 0 Å². The van der Waals surface area contributed by atoms with E-state index in [0.29, 0.717) is 18.3 Å². The summed E-state index contributed by atoms with van der Waals surface area (Å²) in [5.41, 5.74) is 5.62. The molecule has 1 fully saturated rings. The largest absolute Gasteiger partial charge is 0.384 e. The molecule has 0 amide bonds. The summed E-state index contributed by atoms with van der Waals surface area (Å²) in [5, 5.41) is 0. The van der Waals surface area contributed by atoms with Gasteiger partial charge in [0, 0.05) is 26.4 Å². The number of rotatable bonds is 3. The van der Waals surface area contributed by atoms with Gasteiger partial charge < -0.3 is 20.1 Å². The zero-order chi connectivity index (χ0) is 13.1. The van der Waals surface area contributed by atoms with Gasteiger partial charge in [0.1, 0.15) is 17.9 Å². The third kappa shape index (κ3) is 2.90. The van der Waals surface area contributed by atoms with Crippen molar-refractivity contribution in [2.45, 2.75) is 12.3 Å². The molecule has 0 saturated carbocycles. The topological polar surface area (TPSA) is 63.3 Å². The van der Waals surface area contributed by atoms with Gasteiger partial charge in [-0.25, -0.2) is 4.99 Å². The molecule has 2 N–H and O–H groups in total. The number of nitrogens with zero attached hydrogens (tertiary/aromatic N) is 3. The van der Waals surface area contributed by atoms with Gasteiger partial charge in [0.15, 0.2) is 0 Å². The maximum atomic E-state index is 5.98. The predicted octanol–water partition coefficient (Wildman–Crippen LogP) is -0.0528. The lowest BCUT2D eigenvalue weighted by molar-refractivity contribution is -0.143. The lowest BCUT2D eigenvalue weighted by atomic mass is 10.2. The second-order valence-electron chi connectivity index (χ2n) is 4.57. The van der Waals surface area contributed by atoms with Crippen molar-refractivity contribution in [1.29, 1.82) is 0 Å². The predicted molar refractivity (Wildman–Crippen MR) is 69.8 cm³/mol. The molecule has 0 bridgehead atoms. The van der Waals surface area contributed by atoms with Crippen LogP contribution in [0.15, 0.2) is 29.7 Å². The summed E-state index contributed by atoms with van der Waals surface area (Å²) in [6.45, 7) is 6.13. The molecule has 2 atom stereocenters. The molecular weight excluding hydrogens is 232 g/mol. The quantitative estimate of drug-likeness (QED) is 0.763. The van der Waals surface area contributed by atoms with Crippen molar-refractivity contribution < 1.29 is 9.47 Å². The second kappa shape index (κ2) is 5.51. The van der Waals surface area contributed by atoms with Crippen molar-refractivity contribution in [2.75, 3.05) is 33.9 Å². The Labute approximate surface area is 107 Å². The minimum absolute atomic E-state index is 0.0585. The smallest absolute Gasteiger partial charge is 0.148 e. The zero-order valence-electron chi connectivity index (χ0n) is 10.9. The van der Waals surface area contributed by atoms with Gasteiger partial charge in [0.2, 0.25) is 0 Å². The summed E-state index contributed by atoms with van der Waals surface area (Å²) in [6.07, 6.45) is 3.56. The summed E-state index contributed by atoms with van der Waals surface area (Å²) in [4.78, 5) is 8.25. The van der Waals surface area contributed by atoms with Gasteiger partial charge in [-0.1, -0.05) is 6.58 Å². The number of hydrogen-bond donors (Lipinski definition) is 1. The first-order valence-electron chi connectivity index (χ1n) is 5.92. The van der Waals surface area contributed by atoms with Gasteiger partial charge >= 0.3 is 0 Å². The Bertz CT molecular complexity index is 380. The molecule has 2 heterocycles. The van der Waals surface area contributed by atoms with Gasteiger partial charge in [0.05, 0.1) is 12.7 Å². The Hall–Kier alpha value is -1.37. The van der Waals surface area contributed by atoms with Crippen LogP contribution in [0.1, 0.15) is 0 Å². The molecular formula is C12H20N4O2. The average molecular weight is 252 g/mol. The Morgan fingerprint density at radius 2 is 2.39 bits per heavy atom. The molecule has 100 valence electrons. The number of hydrogen-bond acceptors (Lipinski definition) is 6. The Kier molecular flexibility index (Phi) is 4.00. The number of nitrogens with two attached hydrogens (primary N) is 1. The number of morpholine rings is 1. The molecule has 18 heavy (non-hydrogen) atoms. The summed E-state index contributed by atoms with van der Waals surface area (Å²) in [6, 6.07) is 0. The van der Waals surface area contributed by atoms with Crippen LogP contribution in [0.3, 0.4) is 0 Å². The third-order valence-corrected chi connectivity index (χ3v) is 2.96. The van der Waals surface area contributed by atoms with Crippen LogP contribution in [0.5, 0.6) is 0 Å². The van der Waals surface area contributed by atoms with E-state index in [1.807, 2.05) is 11.1 Å². The van der Waals surface area contributed by atoms with Crippen molar-refractivity contribution >= 4 is 5.84 Å². The fraction of sp³-hybridized carbons (Fsp3) is 0.583. The SMILES string of the molecule is C=C1N=C(N)C=CN1C1CN(C)CC(COC)O1. The maximum absolute atomic E-state index is 5.98. The van der Waals surface area contributed by atoms with E-state index >= 15 is 0 Å². The molecule has 2 aliphatic heterocycles. The summed E-state index contributed by atoms with van der Waals surface area (Å²) in [7, 11) is 3.74. The van der Waals surface area contributed by atoms with Crippen molar-refractivity contribution in [3.8, 4) is 0 Å². The van der Waals surface area contributed by atoms with E-state index in [9.17, 15) is 0 Å². The summed E-state index contributed by atoms with van der Waals surface area (Å²) >= 11 is 0. The molecule has 6 nitrogen and oxygen atoms in total. The van der Waals surface area contributed by atoms with Gasteiger partial charge in [-0.05, 0) is 13.1 Å². The minimum atomic E-state index is -0.107. The first-order valence-corrected chi connectivity index (χ1v) is 5.92. The van der Waals surface area contributed by atoms with E-state index in [0.717, 1.165) is 13.1 Å². The van der Waals surface area contributed by atoms with E-state index in [-0.39, 0.29) is 12.3 Å². The number of amidine groups is 1. The fourth-order valence-corrected chi connectivity index (χ4v) is 2.18. The van der Waals surface area contributed by atoms with Crippen LogP contribution in [0, 0.1) is 0 Å². The number of aliphatic imine (C=N–C) groups is 1. The lowest BCUT2D eigenvalue weighted by Crippen LogP contribution is -2.53. The number of ether oxygens (including phenoxy) is 2. The summed E-state index contributed by atoms with van der Waals surface area (Å²) in [5.74, 6) is 1.07. The first kappa shape index (κ1) is 13.1. The highest BCUT2D eigenvalue weighted by atomic mass is 16.5. The second-order valence-corrected chi connectivity index (χ2v) is 4.57. The third-order valence-electron chi connectivity index (χ3n) is 2.96. The van der Waals surface area contributed by atoms with Gasteiger partial charge in [-0.15, -0.1) is 0 Å². The minimum Gasteiger partial charge on any atom is -0.384 e. The van der Waals surface area contributed by atoms with Crippen LogP contribution in [0.2, 0.25) is 0 Å². The van der Waals surface area contributed by atoms with Crippen LogP contribution in [0.25, 0.3) is 0 Å². The molecule has 2 unspecified atom stereocenters. The Balaban J connectivity index is 2.04. The van der Waals surface area contributed by atoms with Crippen LogP contribution in [0.4, 0.5) is 0 Å². The molecule has 0 aromatic carbocycles. The van der Waals surface area contributed by atoms with E-state index in [4.69, 9.17) is 15.2 Å². The van der Waals surface area contributed by atoms with Crippen LogP contribution < -0.4 is 5.73 Å². The number of methoxy groups -OCH3 is 1. The number of likely N-dealkylation sites (N-methyl/N-ethyl adjacent to an activating group) is 1. The van der Waals surface area contributed by atoms with Gasteiger partial charge in [0.25, 0.3) is 0 Å². The van der Waals surface area contributed by atoms with Crippen molar-refractivity contribution in [1.82, 2.24) is 9.80 Å². The lowest BCUT2D eigenvalue weighted by Gasteiger charge is -2.41. The van der Waals surface area contributed by atoms with Crippen LogP contribution >= 0.6 is 0 Å². The first-order chi connectivity index (χ1) is 8.60. The molecule has 6 heteroatoms. The monoisotopic (exact) mass is 252 g/mol. The highest BCUT2D eigenvalue weighted by Crippen LogP contribution is 2.20. The van der Waals surface area contributed by atoms with Crippen LogP contribution in [-0.2, 0) is 9.47 Å². The highest BCUT2D eigenvalue weighted by Gasteiger charge is 2.30. The Morgan fingerprint density at radius 1 is 1.61 bits per heavy atom.